The number of hydrogen-bond acceptors (Lipinski definition) is 6. The van der Waals surface area contributed by atoms with Crippen molar-refractivity contribution in [2.45, 2.75) is 18.2 Å². The number of hydrogen-bond donors (Lipinski definition) is 0. The molecule has 1 amide bonds. The van der Waals surface area contributed by atoms with Gasteiger partial charge in [-0.3, -0.25) is 9.69 Å². The number of ether oxygens (including phenoxy) is 1. The smallest absolute Gasteiger partial charge is 0.239 e. The number of nitrogens with zero attached hydrogens (tertiary/aromatic N) is 3. The molecule has 1 heterocycles. The summed E-state index contributed by atoms with van der Waals surface area (Å²) in [7, 11) is 4.07. The normalized spacial score (nSPS) is 10.9. The third-order valence-corrected chi connectivity index (χ3v) is 6.66. The Morgan fingerprint density at radius 3 is 2.58 bits per heavy atom. The van der Waals surface area contributed by atoms with Gasteiger partial charge in [0.2, 0.25) is 5.91 Å². The monoisotopic (exact) mass is 499 g/mol. The topological polar surface area (TPSA) is 45.7 Å². The summed E-state index contributed by atoms with van der Waals surface area (Å²) in [6.07, 6.45) is 0.874. The summed E-state index contributed by atoms with van der Waals surface area (Å²) in [4.78, 5) is 22.9. The van der Waals surface area contributed by atoms with E-state index in [0.29, 0.717) is 23.9 Å². The predicted octanol–water partition coefficient (Wildman–Crippen LogP) is 5.85. The summed E-state index contributed by atoms with van der Waals surface area (Å²) >= 11 is 9.00. The minimum Gasteiger partial charge on any atom is -0.492 e. The lowest BCUT2D eigenvalue weighted by Gasteiger charge is -2.21. The van der Waals surface area contributed by atoms with Crippen LogP contribution in [-0.2, 0) is 4.79 Å². The summed E-state index contributed by atoms with van der Waals surface area (Å²) in [6, 6.07) is 13.4. The van der Waals surface area contributed by atoms with Crippen molar-refractivity contribution in [3.63, 3.8) is 0 Å². The van der Waals surface area contributed by atoms with Gasteiger partial charge in [0.25, 0.3) is 0 Å². The van der Waals surface area contributed by atoms with Crippen LogP contribution in [-0.4, -0.2) is 55.3 Å². The SMILES string of the molecule is CCOc1cccc2sc(N(CCCN(C)C)C(=O)CSc3ccc(Cl)cc3)nc12.Cl. The van der Waals surface area contributed by atoms with Crippen LogP contribution in [0.4, 0.5) is 5.13 Å². The lowest BCUT2D eigenvalue weighted by Crippen LogP contribution is -2.34. The Hall–Kier alpha value is -1.51. The molecule has 0 N–H and O–H groups in total. The summed E-state index contributed by atoms with van der Waals surface area (Å²) < 4.78 is 6.74. The molecule has 0 atom stereocenters. The zero-order chi connectivity index (χ0) is 21.5. The molecule has 31 heavy (non-hydrogen) atoms. The molecular weight excluding hydrogens is 473 g/mol. The van der Waals surface area contributed by atoms with E-state index in [0.717, 1.165) is 39.0 Å². The van der Waals surface area contributed by atoms with Crippen molar-refractivity contribution in [2.24, 2.45) is 0 Å². The number of halogens is 2. The average molecular weight is 501 g/mol. The first-order valence-electron chi connectivity index (χ1n) is 9.83. The Kier molecular flexibility index (Phi) is 10.4. The van der Waals surface area contributed by atoms with Crippen molar-refractivity contribution >= 4 is 68.4 Å². The number of benzene rings is 2. The number of amides is 1. The molecule has 5 nitrogen and oxygen atoms in total. The second-order valence-corrected chi connectivity index (χ2v) is 9.47. The standard InChI is InChI=1S/C22H26ClN3O2S2.ClH/c1-4-28-18-7-5-8-19-21(18)24-22(30-19)26(14-6-13-25(2)3)20(27)15-29-17-11-9-16(23)10-12-17;/h5,7-12H,4,6,13-15H2,1-3H3;1H. The van der Waals surface area contributed by atoms with Crippen molar-refractivity contribution in [1.82, 2.24) is 9.88 Å². The van der Waals surface area contributed by atoms with Crippen LogP contribution in [0.15, 0.2) is 47.4 Å². The zero-order valence-corrected chi connectivity index (χ0v) is 21.0. The lowest BCUT2D eigenvalue weighted by atomic mass is 10.3. The fourth-order valence-electron chi connectivity index (χ4n) is 2.92. The summed E-state index contributed by atoms with van der Waals surface area (Å²) in [5.41, 5.74) is 0.815. The first kappa shape index (κ1) is 25.7. The van der Waals surface area contributed by atoms with Gasteiger partial charge in [-0.1, -0.05) is 29.0 Å². The van der Waals surface area contributed by atoms with Gasteiger partial charge in [0.1, 0.15) is 11.3 Å². The Labute approximate surface area is 203 Å². The Morgan fingerprint density at radius 1 is 1.16 bits per heavy atom. The Balaban J connectivity index is 0.00000341. The molecule has 0 fully saturated rings. The van der Waals surface area contributed by atoms with Gasteiger partial charge in [-0.25, -0.2) is 4.98 Å². The van der Waals surface area contributed by atoms with E-state index in [1.165, 1.54) is 23.1 Å². The van der Waals surface area contributed by atoms with Crippen molar-refractivity contribution in [1.29, 1.82) is 0 Å². The molecule has 0 unspecified atom stereocenters. The number of thioether (sulfide) groups is 1. The molecule has 0 bridgehead atoms. The zero-order valence-electron chi connectivity index (χ0n) is 17.8. The van der Waals surface area contributed by atoms with Crippen molar-refractivity contribution in [2.75, 3.05) is 44.4 Å². The van der Waals surface area contributed by atoms with Crippen LogP contribution in [0.2, 0.25) is 5.02 Å². The molecule has 3 rings (SSSR count). The number of rotatable bonds is 10. The molecule has 1 aromatic heterocycles. The van der Waals surface area contributed by atoms with Crippen LogP contribution < -0.4 is 9.64 Å². The molecule has 9 heteroatoms. The molecule has 0 radical (unpaired) electrons. The molecule has 168 valence electrons. The summed E-state index contributed by atoms with van der Waals surface area (Å²) in [5.74, 6) is 1.15. The third-order valence-electron chi connectivity index (χ3n) is 4.37. The number of carbonyl (C=O) groups excluding carboxylic acids is 1. The van der Waals surface area contributed by atoms with E-state index in [9.17, 15) is 4.79 Å². The molecule has 0 saturated heterocycles. The minimum absolute atomic E-state index is 0. The summed E-state index contributed by atoms with van der Waals surface area (Å²) in [6.45, 7) is 4.07. The number of carbonyl (C=O) groups is 1. The third kappa shape index (κ3) is 7.26. The van der Waals surface area contributed by atoms with E-state index < -0.39 is 0 Å². The van der Waals surface area contributed by atoms with Crippen molar-refractivity contribution in [3.8, 4) is 5.75 Å². The number of para-hydroxylation sites is 1. The maximum atomic E-state index is 13.1. The minimum atomic E-state index is 0. The number of thiazole rings is 1. The first-order valence-corrected chi connectivity index (χ1v) is 12.0. The molecule has 0 saturated carbocycles. The van der Waals surface area contributed by atoms with Gasteiger partial charge >= 0.3 is 0 Å². The predicted molar refractivity (Wildman–Crippen MR) is 136 cm³/mol. The highest BCUT2D eigenvalue weighted by Gasteiger charge is 2.21. The van der Waals surface area contributed by atoms with Crippen LogP contribution in [0.5, 0.6) is 5.75 Å². The van der Waals surface area contributed by atoms with E-state index in [-0.39, 0.29) is 18.3 Å². The van der Waals surface area contributed by atoms with Crippen LogP contribution in [0.1, 0.15) is 13.3 Å². The van der Waals surface area contributed by atoms with Gasteiger partial charge in [-0.15, -0.1) is 24.2 Å². The van der Waals surface area contributed by atoms with Crippen molar-refractivity contribution in [3.05, 3.63) is 47.5 Å². The van der Waals surface area contributed by atoms with Crippen LogP contribution in [0, 0.1) is 0 Å². The molecule has 3 aromatic rings. The van der Waals surface area contributed by atoms with Crippen LogP contribution >= 0.6 is 47.1 Å². The Morgan fingerprint density at radius 2 is 1.90 bits per heavy atom. The van der Waals surface area contributed by atoms with Gasteiger partial charge in [0.15, 0.2) is 5.13 Å². The quantitative estimate of drug-likeness (QED) is 0.327. The molecule has 0 spiro atoms. The number of anilines is 1. The second-order valence-electron chi connectivity index (χ2n) is 6.98. The maximum Gasteiger partial charge on any atom is 0.239 e. The average Bonchev–Trinajstić information content (AvgIpc) is 3.15. The number of aromatic nitrogens is 1. The maximum absolute atomic E-state index is 13.1. The number of fused-ring (bicyclic) bond motifs is 1. The molecule has 0 aliphatic heterocycles. The first-order chi connectivity index (χ1) is 14.5. The van der Waals surface area contributed by atoms with Gasteiger partial charge in [0, 0.05) is 16.5 Å². The van der Waals surface area contributed by atoms with Gasteiger partial charge < -0.3 is 9.64 Å². The molecule has 2 aromatic carbocycles. The highest BCUT2D eigenvalue weighted by molar-refractivity contribution is 8.00. The van der Waals surface area contributed by atoms with Gasteiger partial charge in [0.05, 0.1) is 17.1 Å². The molecule has 0 aliphatic rings. The van der Waals surface area contributed by atoms with Crippen LogP contribution in [0.25, 0.3) is 10.2 Å². The van der Waals surface area contributed by atoms with E-state index in [1.54, 1.807) is 0 Å². The lowest BCUT2D eigenvalue weighted by molar-refractivity contribution is -0.116. The van der Waals surface area contributed by atoms with E-state index in [2.05, 4.69) is 4.90 Å². The van der Waals surface area contributed by atoms with Gasteiger partial charge in [-0.05, 0) is 70.4 Å². The highest BCUT2D eigenvalue weighted by Crippen LogP contribution is 2.35. The van der Waals surface area contributed by atoms with E-state index in [4.69, 9.17) is 21.3 Å². The molecule has 0 aliphatic carbocycles. The second kappa shape index (κ2) is 12.5. The van der Waals surface area contributed by atoms with E-state index >= 15 is 0 Å². The fourth-order valence-corrected chi connectivity index (χ4v) is 4.85. The molecular formula is C22H27Cl2N3O2S2. The highest BCUT2D eigenvalue weighted by atomic mass is 35.5. The van der Waals surface area contributed by atoms with Crippen LogP contribution in [0.3, 0.4) is 0 Å². The largest absolute Gasteiger partial charge is 0.492 e. The Bertz CT molecular complexity index is 981. The van der Waals surface area contributed by atoms with E-state index in [1.807, 2.05) is 68.4 Å². The van der Waals surface area contributed by atoms with Crippen molar-refractivity contribution < 1.29 is 9.53 Å². The fraction of sp³-hybridized carbons (Fsp3) is 0.364. The van der Waals surface area contributed by atoms with Gasteiger partial charge in [-0.2, -0.15) is 0 Å². The summed E-state index contributed by atoms with van der Waals surface area (Å²) in [5, 5.41) is 1.41.